The highest BCUT2D eigenvalue weighted by atomic mass is 32.2. The molecule has 3 rings (SSSR count). The zero-order valence-corrected chi connectivity index (χ0v) is 12.9. The Bertz CT molecular complexity index is 619. The first kappa shape index (κ1) is 14.2. The summed E-state index contributed by atoms with van der Waals surface area (Å²) >= 11 is 1.43. The van der Waals surface area contributed by atoms with Crippen LogP contribution >= 0.6 is 11.8 Å². The molecular formula is C14H18N4O2S. The van der Waals surface area contributed by atoms with Gasteiger partial charge in [0.2, 0.25) is 5.91 Å². The molecule has 2 aromatic heterocycles. The van der Waals surface area contributed by atoms with Crippen LogP contribution in [0.3, 0.4) is 0 Å². The van der Waals surface area contributed by atoms with E-state index in [1.807, 2.05) is 26.0 Å². The zero-order chi connectivity index (χ0) is 14.8. The fourth-order valence-corrected chi connectivity index (χ4v) is 3.09. The van der Waals surface area contributed by atoms with Gasteiger partial charge in [-0.1, -0.05) is 11.8 Å². The molecule has 0 radical (unpaired) electrons. The normalized spacial score (nSPS) is 15.9. The molecule has 0 aliphatic heterocycles. The van der Waals surface area contributed by atoms with E-state index in [2.05, 4.69) is 20.1 Å². The molecule has 1 fully saturated rings. The molecule has 1 aliphatic rings. The fraction of sp³-hybridized carbons (Fsp3) is 0.500. The number of carbonyl (C=O) groups excluding carboxylic acids is 1. The maximum atomic E-state index is 12.0. The SMILES string of the molecule is Cc1nnc(SCC(=O)N[C@H](C)c2ccco2)n1C1CC1. The van der Waals surface area contributed by atoms with Gasteiger partial charge >= 0.3 is 0 Å². The summed E-state index contributed by atoms with van der Waals surface area (Å²) in [6, 6.07) is 4.06. The molecule has 0 spiro atoms. The van der Waals surface area contributed by atoms with Gasteiger partial charge in [-0.25, -0.2) is 0 Å². The molecule has 0 saturated heterocycles. The summed E-state index contributed by atoms with van der Waals surface area (Å²) in [5, 5.41) is 12.0. The van der Waals surface area contributed by atoms with Gasteiger partial charge in [0.1, 0.15) is 11.6 Å². The Hall–Kier alpha value is -1.76. The maximum absolute atomic E-state index is 12.0. The molecule has 1 saturated carbocycles. The van der Waals surface area contributed by atoms with E-state index < -0.39 is 0 Å². The lowest BCUT2D eigenvalue weighted by atomic mass is 10.2. The van der Waals surface area contributed by atoms with Gasteiger partial charge in [-0.3, -0.25) is 4.79 Å². The van der Waals surface area contributed by atoms with Crippen molar-refractivity contribution in [1.82, 2.24) is 20.1 Å². The zero-order valence-electron chi connectivity index (χ0n) is 12.1. The standard InChI is InChI=1S/C14H18N4O2S/c1-9(12-4-3-7-20-12)15-13(19)8-21-14-17-16-10(2)18(14)11-5-6-11/h3-4,7,9,11H,5-6,8H2,1-2H3,(H,15,19)/t9-/m1/s1. The Labute approximate surface area is 127 Å². The van der Waals surface area contributed by atoms with E-state index in [1.165, 1.54) is 24.6 Å². The second-order valence-corrected chi connectivity index (χ2v) is 6.17. The van der Waals surface area contributed by atoms with E-state index in [0.717, 1.165) is 16.7 Å². The number of furan rings is 1. The Kier molecular flexibility index (Phi) is 4.01. The van der Waals surface area contributed by atoms with E-state index in [4.69, 9.17) is 4.42 Å². The Balaban J connectivity index is 1.54. The Morgan fingerprint density at radius 2 is 2.38 bits per heavy atom. The molecule has 2 aromatic rings. The summed E-state index contributed by atoms with van der Waals surface area (Å²) in [6.45, 7) is 3.85. The van der Waals surface area contributed by atoms with E-state index >= 15 is 0 Å². The summed E-state index contributed by atoms with van der Waals surface area (Å²) < 4.78 is 7.41. The van der Waals surface area contributed by atoms with E-state index in [1.54, 1.807) is 6.26 Å². The molecule has 0 unspecified atom stereocenters. The number of nitrogens with zero attached hydrogens (tertiary/aromatic N) is 3. The quantitative estimate of drug-likeness (QED) is 0.830. The highest BCUT2D eigenvalue weighted by Gasteiger charge is 2.28. The van der Waals surface area contributed by atoms with E-state index in [0.29, 0.717) is 11.8 Å². The predicted molar refractivity (Wildman–Crippen MR) is 79.0 cm³/mol. The Morgan fingerprint density at radius 3 is 3.05 bits per heavy atom. The van der Waals surface area contributed by atoms with Gasteiger partial charge in [-0.15, -0.1) is 10.2 Å². The third-order valence-corrected chi connectivity index (χ3v) is 4.37. The van der Waals surface area contributed by atoms with Crippen LogP contribution in [0.4, 0.5) is 0 Å². The van der Waals surface area contributed by atoms with Crippen LogP contribution in [0.15, 0.2) is 28.0 Å². The maximum Gasteiger partial charge on any atom is 0.231 e. The van der Waals surface area contributed by atoms with Crippen LogP contribution in [-0.4, -0.2) is 26.4 Å². The molecule has 7 heteroatoms. The molecule has 1 amide bonds. The summed E-state index contributed by atoms with van der Waals surface area (Å²) in [6.07, 6.45) is 3.95. The van der Waals surface area contributed by atoms with E-state index in [9.17, 15) is 4.79 Å². The first-order valence-corrected chi connectivity index (χ1v) is 8.01. The molecule has 6 nitrogen and oxygen atoms in total. The molecule has 2 heterocycles. The molecule has 1 atom stereocenters. The molecule has 1 aliphatic carbocycles. The monoisotopic (exact) mass is 306 g/mol. The summed E-state index contributed by atoms with van der Waals surface area (Å²) in [7, 11) is 0. The third-order valence-electron chi connectivity index (χ3n) is 3.43. The molecule has 21 heavy (non-hydrogen) atoms. The van der Waals surface area contributed by atoms with E-state index in [-0.39, 0.29) is 11.9 Å². The summed E-state index contributed by atoms with van der Waals surface area (Å²) in [4.78, 5) is 12.0. The van der Waals surface area contributed by atoms with Crippen LogP contribution in [0.1, 0.15) is 43.4 Å². The average molecular weight is 306 g/mol. The molecule has 112 valence electrons. The number of rotatable bonds is 6. The van der Waals surface area contributed by atoms with Crippen molar-refractivity contribution in [3.8, 4) is 0 Å². The molecule has 0 aromatic carbocycles. The lowest BCUT2D eigenvalue weighted by Crippen LogP contribution is -2.28. The van der Waals surface area contributed by atoms with Gasteiger partial charge < -0.3 is 14.3 Å². The summed E-state index contributed by atoms with van der Waals surface area (Å²) in [5.41, 5.74) is 0. The number of aromatic nitrogens is 3. The fourth-order valence-electron chi connectivity index (χ4n) is 2.22. The minimum Gasteiger partial charge on any atom is -0.467 e. The first-order chi connectivity index (χ1) is 10.1. The van der Waals surface area contributed by atoms with Crippen molar-refractivity contribution in [1.29, 1.82) is 0 Å². The van der Waals surface area contributed by atoms with Gasteiger partial charge in [0.25, 0.3) is 0 Å². The highest BCUT2D eigenvalue weighted by Crippen LogP contribution is 2.38. The van der Waals surface area contributed by atoms with Crippen LogP contribution in [0, 0.1) is 6.92 Å². The van der Waals surface area contributed by atoms with Gasteiger partial charge in [0, 0.05) is 6.04 Å². The lowest BCUT2D eigenvalue weighted by molar-refractivity contribution is -0.119. The van der Waals surface area contributed by atoms with Gasteiger partial charge in [-0.05, 0) is 38.8 Å². The largest absolute Gasteiger partial charge is 0.467 e. The number of amides is 1. The number of carbonyl (C=O) groups is 1. The number of nitrogens with one attached hydrogen (secondary N) is 1. The van der Waals surface area contributed by atoms with Crippen molar-refractivity contribution in [3.63, 3.8) is 0 Å². The average Bonchev–Trinajstić information content (AvgIpc) is 3.01. The molecule has 1 N–H and O–H groups in total. The number of aryl methyl sites for hydroxylation is 1. The highest BCUT2D eigenvalue weighted by molar-refractivity contribution is 7.99. The topological polar surface area (TPSA) is 73.0 Å². The summed E-state index contributed by atoms with van der Waals surface area (Å²) in [5.74, 6) is 1.97. The van der Waals surface area contributed by atoms with Crippen molar-refractivity contribution in [3.05, 3.63) is 30.0 Å². The van der Waals surface area contributed by atoms with Crippen LogP contribution < -0.4 is 5.32 Å². The molecular weight excluding hydrogens is 288 g/mol. The van der Waals surface area contributed by atoms with Crippen molar-refractivity contribution < 1.29 is 9.21 Å². The van der Waals surface area contributed by atoms with Crippen LogP contribution in [0.2, 0.25) is 0 Å². The van der Waals surface area contributed by atoms with Crippen molar-refractivity contribution in [2.24, 2.45) is 0 Å². The number of hydrogen-bond acceptors (Lipinski definition) is 5. The van der Waals surface area contributed by atoms with Crippen LogP contribution in [0.5, 0.6) is 0 Å². The second kappa shape index (κ2) is 5.93. The van der Waals surface area contributed by atoms with Gasteiger partial charge in [-0.2, -0.15) is 0 Å². The Morgan fingerprint density at radius 1 is 1.57 bits per heavy atom. The van der Waals surface area contributed by atoms with Crippen molar-refractivity contribution >= 4 is 17.7 Å². The van der Waals surface area contributed by atoms with Gasteiger partial charge in [0.15, 0.2) is 5.16 Å². The smallest absolute Gasteiger partial charge is 0.231 e. The lowest BCUT2D eigenvalue weighted by Gasteiger charge is -2.11. The second-order valence-electron chi connectivity index (χ2n) is 5.22. The van der Waals surface area contributed by atoms with Crippen molar-refractivity contribution in [2.45, 2.75) is 43.9 Å². The minimum atomic E-state index is -0.129. The first-order valence-electron chi connectivity index (χ1n) is 7.02. The van der Waals surface area contributed by atoms with Crippen molar-refractivity contribution in [2.75, 3.05) is 5.75 Å². The predicted octanol–water partition coefficient (Wildman–Crippen LogP) is 2.48. The third kappa shape index (κ3) is 3.29. The minimum absolute atomic E-state index is 0.0353. The van der Waals surface area contributed by atoms with Crippen LogP contribution in [-0.2, 0) is 4.79 Å². The number of hydrogen-bond donors (Lipinski definition) is 1. The molecule has 0 bridgehead atoms. The van der Waals surface area contributed by atoms with Gasteiger partial charge in [0.05, 0.1) is 18.1 Å². The number of thioether (sulfide) groups is 1. The van der Waals surface area contributed by atoms with Crippen LogP contribution in [0.25, 0.3) is 0 Å².